The molecule has 0 radical (unpaired) electrons. The Hall–Kier alpha value is -1.68. The van der Waals surface area contributed by atoms with Gasteiger partial charge in [0.25, 0.3) is 0 Å². The highest BCUT2D eigenvalue weighted by atomic mass is 16.2. The van der Waals surface area contributed by atoms with Crippen LogP contribution in [0, 0.1) is 11.3 Å². The van der Waals surface area contributed by atoms with Crippen molar-refractivity contribution in [2.24, 2.45) is 17.1 Å². The molecule has 2 N–H and O–H groups in total. The molecule has 1 aromatic rings. The number of anilines is 1. The molecule has 108 valence electrons. The van der Waals surface area contributed by atoms with E-state index in [2.05, 4.69) is 0 Å². The Morgan fingerprint density at radius 2 is 1.85 bits per heavy atom. The van der Waals surface area contributed by atoms with Crippen LogP contribution in [0.2, 0.25) is 0 Å². The van der Waals surface area contributed by atoms with Crippen molar-refractivity contribution in [2.75, 3.05) is 11.4 Å². The number of rotatable bonds is 4. The van der Waals surface area contributed by atoms with Gasteiger partial charge < -0.3 is 5.73 Å². The number of carbonyl (C=O) groups is 2. The predicted molar refractivity (Wildman–Crippen MR) is 79.3 cm³/mol. The Labute approximate surface area is 119 Å². The zero-order chi connectivity index (χ0) is 14.9. The Kier molecular flexibility index (Phi) is 3.95. The second-order valence-electron chi connectivity index (χ2n) is 5.99. The molecule has 4 nitrogen and oxygen atoms in total. The molecule has 1 aliphatic rings. The summed E-state index contributed by atoms with van der Waals surface area (Å²) in [5.41, 5.74) is 6.70. The van der Waals surface area contributed by atoms with Crippen molar-refractivity contribution in [1.82, 2.24) is 0 Å². The number of nitrogens with zero attached hydrogens (tertiary/aromatic N) is 1. The van der Waals surface area contributed by atoms with Crippen molar-refractivity contribution in [3.63, 3.8) is 0 Å². The van der Waals surface area contributed by atoms with Crippen LogP contribution in [0.1, 0.15) is 32.8 Å². The van der Waals surface area contributed by atoms with Gasteiger partial charge in [0.05, 0.1) is 11.1 Å². The second-order valence-corrected chi connectivity index (χ2v) is 5.99. The molecule has 1 aromatic carbocycles. The molecule has 1 heterocycles. The van der Waals surface area contributed by atoms with Gasteiger partial charge in [-0.1, -0.05) is 26.0 Å². The van der Waals surface area contributed by atoms with Gasteiger partial charge in [-0.2, -0.15) is 0 Å². The first-order chi connectivity index (χ1) is 9.40. The summed E-state index contributed by atoms with van der Waals surface area (Å²) < 4.78 is 0. The zero-order valence-corrected chi connectivity index (χ0v) is 12.3. The molecule has 4 heteroatoms. The van der Waals surface area contributed by atoms with Gasteiger partial charge in [-0.05, 0) is 43.5 Å². The fourth-order valence-corrected chi connectivity index (χ4v) is 2.53. The number of nitrogens with two attached hydrogens (primary N) is 1. The Balaban J connectivity index is 2.29. The fraction of sp³-hybridized carbons (Fsp3) is 0.500. The first kappa shape index (κ1) is 14.7. The van der Waals surface area contributed by atoms with Crippen LogP contribution in [0.5, 0.6) is 0 Å². The summed E-state index contributed by atoms with van der Waals surface area (Å²) in [7, 11) is 0. The molecular formula is C16H22N2O2. The maximum Gasteiger partial charge on any atom is 0.240 e. The molecule has 1 atom stereocenters. The maximum absolute atomic E-state index is 12.6. The first-order valence-electron chi connectivity index (χ1n) is 7.06. The number of benzene rings is 1. The third-order valence-electron chi connectivity index (χ3n) is 4.36. The molecule has 1 aliphatic heterocycles. The lowest BCUT2D eigenvalue weighted by Gasteiger charge is -2.26. The SMILES string of the molecule is CC(C)C1(C)CC(=O)N(c2ccc(CCN)cc2)C1=O. The van der Waals surface area contributed by atoms with E-state index in [0.29, 0.717) is 12.2 Å². The smallest absolute Gasteiger partial charge is 0.240 e. The van der Waals surface area contributed by atoms with Crippen molar-refractivity contribution in [3.05, 3.63) is 29.8 Å². The van der Waals surface area contributed by atoms with E-state index in [0.717, 1.165) is 12.0 Å². The van der Waals surface area contributed by atoms with Gasteiger partial charge in [0.2, 0.25) is 11.8 Å². The van der Waals surface area contributed by atoms with Gasteiger partial charge in [-0.25, -0.2) is 0 Å². The highest BCUT2D eigenvalue weighted by molar-refractivity contribution is 6.22. The minimum absolute atomic E-state index is 0.0934. The molecular weight excluding hydrogens is 252 g/mol. The maximum atomic E-state index is 12.6. The Morgan fingerprint density at radius 3 is 2.30 bits per heavy atom. The number of amides is 2. The molecule has 0 saturated carbocycles. The standard InChI is InChI=1S/C16H22N2O2/c1-11(2)16(3)10-14(19)18(15(16)20)13-6-4-12(5-7-13)8-9-17/h4-7,11H,8-10,17H2,1-3H3. The number of hydrogen-bond donors (Lipinski definition) is 1. The molecule has 2 amide bonds. The van der Waals surface area contributed by atoms with Crippen LogP contribution in [-0.2, 0) is 16.0 Å². The van der Waals surface area contributed by atoms with E-state index in [9.17, 15) is 9.59 Å². The van der Waals surface area contributed by atoms with Gasteiger partial charge in [0.15, 0.2) is 0 Å². The zero-order valence-electron chi connectivity index (χ0n) is 12.3. The monoisotopic (exact) mass is 274 g/mol. The van der Waals surface area contributed by atoms with Crippen LogP contribution in [0.15, 0.2) is 24.3 Å². The lowest BCUT2D eigenvalue weighted by atomic mass is 9.78. The van der Waals surface area contributed by atoms with E-state index >= 15 is 0 Å². The number of imide groups is 1. The molecule has 0 aromatic heterocycles. The average Bonchev–Trinajstić information content (AvgIpc) is 2.63. The van der Waals surface area contributed by atoms with E-state index in [1.807, 2.05) is 45.0 Å². The highest BCUT2D eigenvalue weighted by Crippen LogP contribution is 2.41. The molecule has 1 fully saturated rings. The van der Waals surface area contributed by atoms with E-state index in [1.54, 1.807) is 0 Å². The van der Waals surface area contributed by atoms with Gasteiger partial charge in [-0.15, -0.1) is 0 Å². The summed E-state index contributed by atoms with van der Waals surface area (Å²) in [6, 6.07) is 7.50. The van der Waals surface area contributed by atoms with E-state index in [1.165, 1.54) is 4.90 Å². The minimum Gasteiger partial charge on any atom is -0.330 e. The third-order valence-corrected chi connectivity index (χ3v) is 4.36. The quantitative estimate of drug-likeness (QED) is 0.855. The molecule has 20 heavy (non-hydrogen) atoms. The minimum atomic E-state index is -0.590. The summed E-state index contributed by atoms with van der Waals surface area (Å²) in [5, 5.41) is 0. The normalized spacial score (nSPS) is 22.9. The Morgan fingerprint density at radius 1 is 1.25 bits per heavy atom. The molecule has 2 rings (SSSR count). The van der Waals surface area contributed by atoms with Crippen LogP contribution in [0.4, 0.5) is 5.69 Å². The summed E-state index contributed by atoms with van der Waals surface area (Å²) >= 11 is 0. The van der Waals surface area contributed by atoms with Crippen molar-refractivity contribution in [2.45, 2.75) is 33.6 Å². The summed E-state index contributed by atoms with van der Waals surface area (Å²) in [6.45, 7) is 6.44. The Bertz CT molecular complexity index is 522. The topological polar surface area (TPSA) is 63.4 Å². The largest absolute Gasteiger partial charge is 0.330 e. The van der Waals surface area contributed by atoms with Crippen LogP contribution >= 0.6 is 0 Å². The summed E-state index contributed by atoms with van der Waals surface area (Å²) in [4.78, 5) is 26.1. The summed E-state index contributed by atoms with van der Waals surface area (Å²) in [5.74, 6) is -0.0673. The predicted octanol–water partition coefficient (Wildman–Crippen LogP) is 2.11. The van der Waals surface area contributed by atoms with Crippen LogP contribution in [0.25, 0.3) is 0 Å². The van der Waals surface area contributed by atoms with Crippen molar-refractivity contribution in [1.29, 1.82) is 0 Å². The first-order valence-corrected chi connectivity index (χ1v) is 7.06. The molecule has 0 bridgehead atoms. The lowest BCUT2D eigenvalue weighted by Crippen LogP contribution is -2.36. The van der Waals surface area contributed by atoms with Gasteiger partial charge in [-0.3, -0.25) is 14.5 Å². The van der Waals surface area contributed by atoms with Gasteiger partial charge in [0, 0.05) is 6.42 Å². The van der Waals surface area contributed by atoms with Crippen LogP contribution in [-0.4, -0.2) is 18.4 Å². The highest BCUT2D eigenvalue weighted by Gasteiger charge is 2.50. The van der Waals surface area contributed by atoms with Crippen molar-refractivity contribution >= 4 is 17.5 Å². The fourth-order valence-electron chi connectivity index (χ4n) is 2.53. The molecule has 0 spiro atoms. The van der Waals surface area contributed by atoms with Gasteiger partial charge in [0.1, 0.15) is 0 Å². The molecule has 1 unspecified atom stereocenters. The summed E-state index contributed by atoms with van der Waals surface area (Å²) in [6.07, 6.45) is 1.08. The van der Waals surface area contributed by atoms with Crippen molar-refractivity contribution in [3.8, 4) is 0 Å². The molecule has 0 aliphatic carbocycles. The number of hydrogen-bond acceptors (Lipinski definition) is 3. The van der Waals surface area contributed by atoms with E-state index in [-0.39, 0.29) is 24.2 Å². The van der Waals surface area contributed by atoms with Crippen LogP contribution < -0.4 is 10.6 Å². The van der Waals surface area contributed by atoms with Crippen LogP contribution in [0.3, 0.4) is 0 Å². The van der Waals surface area contributed by atoms with E-state index in [4.69, 9.17) is 5.73 Å². The average molecular weight is 274 g/mol. The van der Waals surface area contributed by atoms with E-state index < -0.39 is 5.41 Å². The van der Waals surface area contributed by atoms with Gasteiger partial charge >= 0.3 is 0 Å². The second kappa shape index (κ2) is 5.37. The third kappa shape index (κ3) is 2.36. The molecule has 1 saturated heterocycles. The number of carbonyl (C=O) groups excluding carboxylic acids is 2. The van der Waals surface area contributed by atoms with Crippen molar-refractivity contribution < 1.29 is 9.59 Å². The lowest BCUT2D eigenvalue weighted by molar-refractivity contribution is -0.126.